The number of allylic oxidation sites excluding steroid dienone is 1. The maximum Gasteiger partial charge on any atom is 0.524 e. The molecular formula is C16H21BF2O2. The first-order valence-electron chi connectivity index (χ1n) is 7.11. The third-order valence-electron chi connectivity index (χ3n) is 4.28. The van der Waals surface area contributed by atoms with Crippen LogP contribution in [0.4, 0.5) is 8.78 Å². The van der Waals surface area contributed by atoms with Gasteiger partial charge in [-0.3, -0.25) is 0 Å². The van der Waals surface area contributed by atoms with Crippen LogP contribution < -0.4 is 0 Å². The lowest BCUT2D eigenvalue weighted by Gasteiger charge is -2.32. The molecule has 0 spiro atoms. The van der Waals surface area contributed by atoms with E-state index in [1.807, 2.05) is 27.7 Å². The van der Waals surface area contributed by atoms with Crippen LogP contribution >= 0.6 is 0 Å². The molecule has 1 heterocycles. The molecule has 1 saturated heterocycles. The fraction of sp³-hybridized carbons (Fsp3) is 0.500. The second-order valence-corrected chi connectivity index (χ2v) is 6.45. The molecule has 1 aliphatic rings. The first-order chi connectivity index (χ1) is 9.64. The number of benzene rings is 1. The zero-order valence-corrected chi connectivity index (χ0v) is 13.1. The molecule has 0 amide bonds. The summed E-state index contributed by atoms with van der Waals surface area (Å²) in [7, 11) is -1.04. The maximum atomic E-state index is 14.4. The van der Waals surface area contributed by atoms with Crippen LogP contribution in [0.2, 0.25) is 0 Å². The Morgan fingerprint density at radius 1 is 1.14 bits per heavy atom. The molecule has 21 heavy (non-hydrogen) atoms. The van der Waals surface area contributed by atoms with E-state index in [-0.39, 0.29) is 5.82 Å². The zero-order valence-electron chi connectivity index (χ0n) is 13.1. The van der Waals surface area contributed by atoms with Gasteiger partial charge in [-0.1, -0.05) is 25.1 Å². The predicted molar refractivity (Wildman–Crippen MR) is 80.1 cm³/mol. The van der Waals surface area contributed by atoms with E-state index in [1.54, 1.807) is 25.1 Å². The summed E-state index contributed by atoms with van der Waals surface area (Å²) in [4.78, 5) is 0. The van der Waals surface area contributed by atoms with Gasteiger partial charge in [0.05, 0.1) is 11.2 Å². The van der Waals surface area contributed by atoms with Crippen molar-refractivity contribution in [1.82, 2.24) is 0 Å². The van der Waals surface area contributed by atoms with Crippen molar-refractivity contribution in [3.63, 3.8) is 0 Å². The molecule has 1 aliphatic heterocycles. The van der Waals surface area contributed by atoms with Crippen LogP contribution in [-0.4, -0.2) is 18.3 Å². The fourth-order valence-electron chi connectivity index (χ4n) is 2.21. The van der Waals surface area contributed by atoms with Gasteiger partial charge in [0.25, 0.3) is 0 Å². The Kier molecular flexibility index (Phi) is 4.27. The summed E-state index contributed by atoms with van der Waals surface area (Å²) in [5.41, 5.74) is -1.26. The summed E-state index contributed by atoms with van der Waals surface area (Å²) < 4.78 is 39.3. The molecule has 114 valence electrons. The van der Waals surface area contributed by atoms with Crippen LogP contribution in [0.15, 0.2) is 36.1 Å². The minimum atomic E-state index is -1.04. The highest BCUT2D eigenvalue weighted by Crippen LogP contribution is 2.39. The molecule has 5 heteroatoms. The SMILES string of the molecule is CC(C=C(F)B1OC(C)(C)C(C)(C)O1)c1ccccc1F. The molecule has 0 bridgehead atoms. The van der Waals surface area contributed by atoms with Crippen LogP contribution in [0.25, 0.3) is 0 Å². The van der Waals surface area contributed by atoms with Crippen molar-refractivity contribution >= 4 is 7.12 Å². The molecule has 0 N–H and O–H groups in total. The molecule has 1 aromatic carbocycles. The summed E-state index contributed by atoms with van der Waals surface area (Å²) in [5, 5.41) is 0. The van der Waals surface area contributed by atoms with Gasteiger partial charge >= 0.3 is 7.12 Å². The quantitative estimate of drug-likeness (QED) is 0.769. The summed E-state index contributed by atoms with van der Waals surface area (Å²) >= 11 is 0. The summed E-state index contributed by atoms with van der Waals surface area (Å²) in [5.74, 6) is -0.742. The average Bonchev–Trinajstić information content (AvgIpc) is 2.59. The van der Waals surface area contributed by atoms with Gasteiger partial charge in [0, 0.05) is 5.92 Å². The topological polar surface area (TPSA) is 18.5 Å². The molecule has 1 unspecified atom stereocenters. The van der Waals surface area contributed by atoms with E-state index in [0.29, 0.717) is 5.56 Å². The standard InChI is InChI=1S/C16H21BF2O2/c1-11(12-8-6-7-9-13(12)18)10-14(19)17-20-15(2,3)16(4,5)21-17/h6-11H,1-5H3. The third kappa shape index (κ3) is 3.19. The first-order valence-corrected chi connectivity index (χ1v) is 7.11. The van der Waals surface area contributed by atoms with E-state index in [2.05, 4.69) is 0 Å². The Morgan fingerprint density at radius 3 is 2.19 bits per heavy atom. The lowest BCUT2D eigenvalue weighted by molar-refractivity contribution is 0.00578. The van der Waals surface area contributed by atoms with Gasteiger partial charge in [-0.15, -0.1) is 0 Å². The van der Waals surface area contributed by atoms with Gasteiger partial charge in [0.15, 0.2) is 0 Å². The van der Waals surface area contributed by atoms with Gasteiger partial charge in [0.1, 0.15) is 11.5 Å². The smallest absolute Gasteiger partial charge is 0.398 e. The second-order valence-electron chi connectivity index (χ2n) is 6.45. The Hall–Kier alpha value is -1.20. The molecule has 1 fully saturated rings. The van der Waals surface area contributed by atoms with Gasteiger partial charge in [-0.25, -0.2) is 8.78 Å². The second kappa shape index (κ2) is 5.54. The van der Waals surface area contributed by atoms with Crippen molar-refractivity contribution in [2.24, 2.45) is 0 Å². The van der Waals surface area contributed by atoms with Gasteiger partial charge in [-0.2, -0.15) is 0 Å². The largest absolute Gasteiger partial charge is 0.524 e. The lowest BCUT2D eigenvalue weighted by atomic mass is 9.85. The molecule has 0 saturated carbocycles. The highest BCUT2D eigenvalue weighted by Gasteiger charge is 2.53. The monoisotopic (exact) mass is 294 g/mol. The highest BCUT2D eigenvalue weighted by atomic mass is 19.1. The maximum absolute atomic E-state index is 14.4. The summed E-state index contributed by atoms with van der Waals surface area (Å²) in [6.07, 6.45) is 1.35. The van der Waals surface area contributed by atoms with Crippen LogP contribution in [0.3, 0.4) is 0 Å². The molecule has 2 nitrogen and oxygen atoms in total. The molecule has 1 atom stereocenters. The van der Waals surface area contributed by atoms with Crippen LogP contribution in [0.1, 0.15) is 46.1 Å². The van der Waals surface area contributed by atoms with Crippen molar-refractivity contribution in [3.05, 3.63) is 47.4 Å². The van der Waals surface area contributed by atoms with Gasteiger partial charge < -0.3 is 9.31 Å². The van der Waals surface area contributed by atoms with E-state index in [0.717, 1.165) is 0 Å². The Labute approximate surface area is 125 Å². The molecule has 1 aromatic rings. The van der Waals surface area contributed by atoms with E-state index in [1.165, 1.54) is 12.1 Å². The van der Waals surface area contributed by atoms with E-state index in [4.69, 9.17) is 9.31 Å². The highest BCUT2D eigenvalue weighted by molar-refractivity contribution is 6.53. The Morgan fingerprint density at radius 2 is 1.67 bits per heavy atom. The average molecular weight is 294 g/mol. The lowest BCUT2D eigenvalue weighted by Crippen LogP contribution is -2.41. The predicted octanol–water partition coefficient (Wildman–Crippen LogP) is 4.41. The molecule has 0 aliphatic carbocycles. The van der Waals surface area contributed by atoms with E-state index < -0.39 is 30.0 Å². The van der Waals surface area contributed by atoms with Crippen molar-refractivity contribution in [2.75, 3.05) is 0 Å². The molecular weight excluding hydrogens is 273 g/mol. The van der Waals surface area contributed by atoms with Crippen molar-refractivity contribution in [1.29, 1.82) is 0 Å². The third-order valence-corrected chi connectivity index (χ3v) is 4.28. The molecule has 0 radical (unpaired) electrons. The van der Waals surface area contributed by atoms with E-state index in [9.17, 15) is 8.78 Å². The van der Waals surface area contributed by atoms with Gasteiger partial charge in [0.2, 0.25) is 0 Å². The number of halogens is 2. The van der Waals surface area contributed by atoms with Crippen LogP contribution in [-0.2, 0) is 9.31 Å². The Balaban J connectivity index is 2.18. The number of hydrogen-bond acceptors (Lipinski definition) is 2. The summed E-state index contributed by atoms with van der Waals surface area (Å²) in [6.45, 7) is 9.19. The van der Waals surface area contributed by atoms with Crippen molar-refractivity contribution < 1.29 is 18.1 Å². The summed E-state index contributed by atoms with van der Waals surface area (Å²) in [6, 6.07) is 6.36. The zero-order chi connectivity index (χ0) is 15.8. The minimum absolute atomic E-state index is 0.344. The van der Waals surface area contributed by atoms with Gasteiger partial charge in [-0.05, 0) is 45.4 Å². The van der Waals surface area contributed by atoms with Crippen molar-refractivity contribution in [2.45, 2.75) is 51.7 Å². The molecule has 0 aromatic heterocycles. The number of hydrogen-bond donors (Lipinski definition) is 0. The van der Waals surface area contributed by atoms with Crippen LogP contribution in [0, 0.1) is 5.82 Å². The minimum Gasteiger partial charge on any atom is -0.398 e. The first kappa shape index (κ1) is 16.2. The fourth-order valence-corrected chi connectivity index (χ4v) is 2.21. The number of rotatable bonds is 3. The Bertz CT molecular complexity index is 539. The van der Waals surface area contributed by atoms with Crippen molar-refractivity contribution in [3.8, 4) is 0 Å². The van der Waals surface area contributed by atoms with E-state index >= 15 is 0 Å². The van der Waals surface area contributed by atoms with Crippen LogP contribution in [0.5, 0.6) is 0 Å². The molecule has 2 rings (SSSR count). The normalized spacial score (nSPS) is 22.4.